The van der Waals surface area contributed by atoms with Gasteiger partial charge in [0.2, 0.25) is 5.88 Å². The van der Waals surface area contributed by atoms with E-state index in [9.17, 15) is 0 Å². The van der Waals surface area contributed by atoms with Gasteiger partial charge in [0.25, 0.3) is 0 Å². The molecule has 96 valence electrons. The highest BCUT2D eigenvalue weighted by molar-refractivity contribution is 7.95. The quantitative estimate of drug-likeness (QED) is 0.848. The highest BCUT2D eigenvalue weighted by atomic mass is 32.2. The molecule has 1 aliphatic heterocycles. The van der Waals surface area contributed by atoms with E-state index in [2.05, 4.69) is 30.8 Å². The molecule has 18 heavy (non-hydrogen) atoms. The van der Waals surface area contributed by atoms with Crippen molar-refractivity contribution in [3.63, 3.8) is 0 Å². The van der Waals surface area contributed by atoms with Crippen molar-refractivity contribution >= 4 is 23.0 Å². The van der Waals surface area contributed by atoms with Crippen LogP contribution in [0.25, 0.3) is 10.9 Å². The van der Waals surface area contributed by atoms with Crippen molar-refractivity contribution in [3.8, 4) is 5.88 Å². The third kappa shape index (κ3) is 2.19. The zero-order valence-electron chi connectivity index (χ0n) is 10.3. The first-order chi connectivity index (χ1) is 8.88. The Morgan fingerprint density at radius 3 is 2.94 bits per heavy atom. The van der Waals surface area contributed by atoms with Crippen LogP contribution in [0.2, 0.25) is 0 Å². The number of hydrogen-bond donors (Lipinski definition) is 1. The van der Waals surface area contributed by atoms with Crippen LogP contribution < -0.4 is 10.1 Å². The fourth-order valence-electron chi connectivity index (χ4n) is 2.10. The van der Waals surface area contributed by atoms with Crippen LogP contribution in [0, 0.1) is 0 Å². The number of piperazine rings is 1. The Labute approximate surface area is 110 Å². The maximum absolute atomic E-state index is 5.27. The Hall–Kier alpha value is -1.24. The van der Waals surface area contributed by atoms with Gasteiger partial charge in [-0.1, -0.05) is 0 Å². The van der Waals surface area contributed by atoms with E-state index in [0.717, 1.165) is 37.1 Å². The molecular formula is C12H16N4OS. The summed E-state index contributed by atoms with van der Waals surface area (Å²) in [5.41, 5.74) is 1.14. The minimum atomic E-state index is 0.687. The molecule has 1 N–H and O–H groups in total. The van der Waals surface area contributed by atoms with Gasteiger partial charge in [0.15, 0.2) is 0 Å². The van der Waals surface area contributed by atoms with Crippen LogP contribution in [-0.4, -0.2) is 46.6 Å². The average Bonchev–Trinajstić information content (AvgIpc) is 2.83. The fraction of sp³-hybridized carbons (Fsp3) is 0.417. The Kier molecular flexibility index (Phi) is 3.40. The normalized spacial score (nSPS) is 17.2. The summed E-state index contributed by atoms with van der Waals surface area (Å²) in [6, 6.07) is 4.07. The smallest absolute Gasteiger partial charge is 0.222 e. The number of pyridine rings is 1. The van der Waals surface area contributed by atoms with Gasteiger partial charge in [0.05, 0.1) is 18.0 Å². The molecule has 0 aliphatic carbocycles. The molecule has 1 fully saturated rings. The monoisotopic (exact) mass is 264 g/mol. The summed E-state index contributed by atoms with van der Waals surface area (Å²) >= 11 is 1.75. The second-order valence-corrected chi connectivity index (χ2v) is 5.23. The molecule has 1 saturated heterocycles. The fourth-order valence-corrected chi connectivity index (χ4v) is 3.06. The van der Waals surface area contributed by atoms with Crippen LogP contribution in [0.1, 0.15) is 0 Å². The zero-order chi connectivity index (χ0) is 12.4. The molecule has 0 saturated carbocycles. The molecule has 6 heteroatoms. The summed E-state index contributed by atoms with van der Waals surface area (Å²) in [4.78, 5) is 4.22. The van der Waals surface area contributed by atoms with Crippen molar-refractivity contribution in [1.82, 2.24) is 18.6 Å². The average molecular weight is 264 g/mol. The van der Waals surface area contributed by atoms with Crippen molar-refractivity contribution in [2.45, 2.75) is 0 Å². The summed E-state index contributed by atoms with van der Waals surface area (Å²) in [5, 5.41) is 4.41. The van der Waals surface area contributed by atoms with Crippen molar-refractivity contribution in [2.75, 3.05) is 33.3 Å². The third-order valence-corrected chi connectivity index (χ3v) is 4.11. The van der Waals surface area contributed by atoms with E-state index >= 15 is 0 Å². The number of hydrogen-bond acceptors (Lipinski definition) is 5. The lowest BCUT2D eigenvalue weighted by molar-refractivity contribution is 0.395. The molecule has 0 bridgehead atoms. The first-order valence-electron chi connectivity index (χ1n) is 6.02. The van der Waals surface area contributed by atoms with Crippen LogP contribution in [0.3, 0.4) is 0 Å². The molecule has 3 rings (SSSR count). The first kappa shape index (κ1) is 11.8. The van der Waals surface area contributed by atoms with Gasteiger partial charge < -0.3 is 10.1 Å². The summed E-state index contributed by atoms with van der Waals surface area (Å²) in [5.74, 6) is 0.687. The number of nitrogens with zero attached hydrogens (tertiary/aromatic N) is 3. The largest absolute Gasteiger partial charge is 0.481 e. The molecular weight excluding hydrogens is 248 g/mol. The summed E-state index contributed by atoms with van der Waals surface area (Å²) in [7, 11) is 1.66. The molecule has 0 amide bonds. The van der Waals surface area contributed by atoms with Crippen LogP contribution >= 0.6 is 12.1 Å². The van der Waals surface area contributed by atoms with E-state index in [1.54, 1.807) is 25.4 Å². The molecule has 2 aromatic rings. The predicted octanol–water partition coefficient (Wildman–Crippen LogP) is 1.36. The Morgan fingerprint density at radius 1 is 1.33 bits per heavy atom. The molecule has 0 spiro atoms. The Bertz CT molecular complexity index is 536. The SMILES string of the molecule is COc1nccc2c1ccn2SN1CCNCC1. The van der Waals surface area contributed by atoms with Crippen LogP contribution in [0.5, 0.6) is 5.88 Å². The third-order valence-electron chi connectivity index (χ3n) is 3.02. The highest BCUT2D eigenvalue weighted by Gasteiger charge is 2.13. The maximum Gasteiger partial charge on any atom is 0.222 e. The van der Waals surface area contributed by atoms with Gasteiger partial charge in [-0.15, -0.1) is 0 Å². The van der Waals surface area contributed by atoms with Gasteiger partial charge in [-0.05, 0) is 12.1 Å². The van der Waals surface area contributed by atoms with Crippen molar-refractivity contribution in [3.05, 3.63) is 24.5 Å². The number of ether oxygens (including phenoxy) is 1. The lowest BCUT2D eigenvalue weighted by Crippen LogP contribution is -2.40. The second kappa shape index (κ2) is 5.17. The van der Waals surface area contributed by atoms with E-state index < -0.39 is 0 Å². The molecule has 3 heterocycles. The first-order valence-corrected chi connectivity index (χ1v) is 6.76. The standard InChI is InChI=1S/C12H16N4OS/c1-17-12-10-3-7-16(11(10)2-4-14-12)18-15-8-5-13-6-9-15/h2-4,7,13H,5-6,8-9H2,1H3. The van der Waals surface area contributed by atoms with Crippen LogP contribution in [-0.2, 0) is 0 Å². The van der Waals surface area contributed by atoms with Gasteiger partial charge in [0.1, 0.15) is 0 Å². The lowest BCUT2D eigenvalue weighted by Gasteiger charge is -2.25. The molecule has 2 aromatic heterocycles. The molecule has 0 unspecified atom stereocenters. The number of aromatic nitrogens is 2. The summed E-state index contributed by atoms with van der Waals surface area (Å²) in [6.07, 6.45) is 3.86. The molecule has 1 aliphatic rings. The Balaban J connectivity index is 1.88. The van der Waals surface area contributed by atoms with Gasteiger partial charge in [-0.25, -0.2) is 9.29 Å². The van der Waals surface area contributed by atoms with Gasteiger partial charge in [-0.2, -0.15) is 0 Å². The molecule has 5 nitrogen and oxygen atoms in total. The summed E-state index contributed by atoms with van der Waals surface area (Å²) in [6.45, 7) is 4.23. The number of fused-ring (bicyclic) bond motifs is 1. The number of nitrogens with one attached hydrogen (secondary N) is 1. The topological polar surface area (TPSA) is 42.3 Å². The van der Waals surface area contributed by atoms with E-state index in [1.807, 2.05) is 6.07 Å². The highest BCUT2D eigenvalue weighted by Crippen LogP contribution is 2.28. The number of rotatable bonds is 3. The van der Waals surface area contributed by atoms with Gasteiger partial charge >= 0.3 is 0 Å². The minimum absolute atomic E-state index is 0.687. The van der Waals surface area contributed by atoms with E-state index in [4.69, 9.17) is 4.74 Å². The molecule has 0 aromatic carbocycles. The minimum Gasteiger partial charge on any atom is -0.481 e. The summed E-state index contributed by atoms with van der Waals surface area (Å²) < 4.78 is 9.81. The van der Waals surface area contributed by atoms with E-state index in [0.29, 0.717) is 5.88 Å². The molecule has 0 radical (unpaired) electrons. The second-order valence-electron chi connectivity index (χ2n) is 4.16. The predicted molar refractivity (Wildman–Crippen MR) is 73.7 cm³/mol. The van der Waals surface area contributed by atoms with Gasteiger partial charge in [0, 0.05) is 50.7 Å². The zero-order valence-corrected chi connectivity index (χ0v) is 11.1. The van der Waals surface area contributed by atoms with Crippen LogP contribution in [0.4, 0.5) is 0 Å². The van der Waals surface area contributed by atoms with Crippen molar-refractivity contribution < 1.29 is 4.74 Å². The lowest BCUT2D eigenvalue weighted by atomic mass is 10.3. The van der Waals surface area contributed by atoms with Gasteiger partial charge in [-0.3, -0.25) is 3.97 Å². The van der Waals surface area contributed by atoms with E-state index in [-0.39, 0.29) is 0 Å². The maximum atomic E-state index is 5.27. The number of methoxy groups -OCH3 is 1. The molecule has 0 atom stereocenters. The van der Waals surface area contributed by atoms with Crippen LogP contribution in [0.15, 0.2) is 24.5 Å². The van der Waals surface area contributed by atoms with E-state index in [1.165, 1.54) is 0 Å². The van der Waals surface area contributed by atoms with Crippen molar-refractivity contribution in [2.24, 2.45) is 0 Å². The Morgan fingerprint density at radius 2 is 2.17 bits per heavy atom. The van der Waals surface area contributed by atoms with Crippen molar-refractivity contribution in [1.29, 1.82) is 0 Å².